The van der Waals surface area contributed by atoms with E-state index < -0.39 is 6.04 Å². The predicted octanol–water partition coefficient (Wildman–Crippen LogP) is 0.721. The Bertz CT molecular complexity index is 792. The van der Waals surface area contributed by atoms with Crippen LogP contribution in [0, 0.1) is 0 Å². The highest BCUT2D eigenvalue weighted by molar-refractivity contribution is 6.00. The SMILES string of the molecule is Cn1ncc(C(=O)NC2CCN(C3CCOCC3)C2=O)c1-n1cccc1. The summed E-state index contributed by atoms with van der Waals surface area (Å²) in [7, 11) is 1.79. The maximum atomic E-state index is 12.8. The summed E-state index contributed by atoms with van der Waals surface area (Å²) in [6.07, 6.45) is 7.64. The summed E-state index contributed by atoms with van der Waals surface area (Å²) in [5.41, 5.74) is 0.459. The van der Waals surface area contributed by atoms with Crippen molar-refractivity contribution in [3.05, 3.63) is 36.3 Å². The summed E-state index contributed by atoms with van der Waals surface area (Å²) in [5, 5.41) is 7.10. The monoisotopic (exact) mass is 357 g/mol. The standard InChI is InChI=1S/C18H23N5O3/c1-21-17(22-7-2-3-8-22)14(12-19-21)16(24)20-15-4-9-23(18(15)25)13-5-10-26-11-6-13/h2-3,7-8,12-13,15H,4-6,9-11H2,1H3,(H,20,24). The molecule has 8 nitrogen and oxygen atoms in total. The van der Waals surface area contributed by atoms with Crippen LogP contribution in [0.4, 0.5) is 0 Å². The Kier molecular flexibility index (Phi) is 4.50. The Labute approximate surface area is 151 Å². The van der Waals surface area contributed by atoms with Gasteiger partial charge in [0.25, 0.3) is 5.91 Å². The van der Waals surface area contributed by atoms with Crippen molar-refractivity contribution in [2.75, 3.05) is 19.8 Å². The number of aryl methyl sites for hydroxylation is 1. The normalized spacial score (nSPS) is 21.3. The van der Waals surface area contributed by atoms with Gasteiger partial charge in [-0.05, 0) is 31.4 Å². The van der Waals surface area contributed by atoms with Gasteiger partial charge in [0.15, 0.2) is 0 Å². The minimum Gasteiger partial charge on any atom is -0.381 e. The minimum absolute atomic E-state index is 0.0108. The summed E-state index contributed by atoms with van der Waals surface area (Å²) in [5.74, 6) is 0.421. The van der Waals surface area contributed by atoms with Crippen LogP contribution in [0.3, 0.4) is 0 Å². The van der Waals surface area contributed by atoms with Gasteiger partial charge in [-0.15, -0.1) is 0 Å². The van der Waals surface area contributed by atoms with E-state index in [-0.39, 0.29) is 17.9 Å². The van der Waals surface area contributed by atoms with E-state index in [1.54, 1.807) is 17.9 Å². The summed E-state index contributed by atoms with van der Waals surface area (Å²) in [6.45, 7) is 2.08. The fraction of sp³-hybridized carbons (Fsp3) is 0.500. The Balaban J connectivity index is 1.47. The molecule has 2 aromatic rings. The highest BCUT2D eigenvalue weighted by Crippen LogP contribution is 2.22. The highest BCUT2D eigenvalue weighted by Gasteiger charge is 2.37. The molecule has 1 unspecified atom stereocenters. The number of amides is 2. The molecule has 4 heterocycles. The lowest BCUT2D eigenvalue weighted by Crippen LogP contribution is -2.46. The molecule has 1 atom stereocenters. The van der Waals surface area contributed by atoms with E-state index in [1.165, 1.54) is 0 Å². The van der Waals surface area contributed by atoms with E-state index in [4.69, 9.17) is 4.74 Å². The average molecular weight is 357 g/mol. The molecule has 4 rings (SSSR count). The fourth-order valence-corrected chi connectivity index (χ4v) is 3.80. The molecule has 2 amide bonds. The quantitative estimate of drug-likeness (QED) is 0.874. The van der Waals surface area contributed by atoms with Gasteiger partial charge in [0.1, 0.15) is 17.4 Å². The maximum absolute atomic E-state index is 12.8. The number of carbonyl (C=O) groups excluding carboxylic acids is 2. The molecule has 2 saturated heterocycles. The molecule has 2 aromatic heterocycles. The van der Waals surface area contributed by atoms with Crippen molar-refractivity contribution in [2.24, 2.45) is 7.05 Å². The van der Waals surface area contributed by atoms with Crippen molar-refractivity contribution in [3.63, 3.8) is 0 Å². The number of carbonyl (C=O) groups is 2. The molecule has 8 heteroatoms. The Hall–Kier alpha value is -2.61. The minimum atomic E-state index is -0.469. The molecular weight excluding hydrogens is 334 g/mol. The van der Waals surface area contributed by atoms with Crippen molar-refractivity contribution in [2.45, 2.75) is 31.3 Å². The van der Waals surface area contributed by atoms with Crippen LogP contribution in [0.1, 0.15) is 29.6 Å². The molecule has 0 aromatic carbocycles. The van der Waals surface area contributed by atoms with Crippen LogP contribution in [0.5, 0.6) is 0 Å². The molecule has 0 radical (unpaired) electrons. The topological polar surface area (TPSA) is 81.4 Å². The Morgan fingerprint density at radius 2 is 1.96 bits per heavy atom. The maximum Gasteiger partial charge on any atom is 0.257 e. The summed E-state index contributed by atoms with van der Waals surface area (Å²) in [4.78, 5) is 27.4. The largest absolute Gasteiger partial charge is 0.381 e. The first-order valence-corrected chi connectivity index (χ1v) is 8.99. The lowest BCUT2D eigenvalue weighted by Gasteiger charge is -2.31. The fourth-order valence-electron chi connectivity index (χ4n) is 3.80. The van der Waals surface area contributed by atoms with Gasteiger partial charge in [-0.25, -0.2) is 0 Å². The number of hydrogen-bond acceptors (Lipinski definition) is 4. The van der Waals surface area contributed by atoms with E-state index in [9.17, 15) is 9.59 Å². The van der Waals surface area contributed by atoms with Crippen LogP contribution in [-0.4, -0.2) is 62.9 Å². The van der Waals surface area contributed by atoms with E-state index in [2.05, 4.69) is 10.4 Å². The smallest absolute Gasteiger partial charge is 0.257 e. The third-order valence-corrected chi connectivity index (χ3v) is 5.18. The van der Waals surface area contributed by atoms with Gasteiger partial charge in [0.05, 0.1) is 6.20 Å². The molecule has 1 N–H and O–H groups in total. The average Bonchev–Trinajstić information content (AvgIpc) is 3.37. The first-order valence-electron chi connectivity index (χ1n) is 8.99. The molecule has 0 spiro atoms. The number of likely N-dealkylation sites (tertiary alicyclic amines) is 1. The number of nitrogens with zero attached hydrogens (tertiary/aromatic N) is 4. The van der Waals surface area contributed by atoms with Gasteiger partial charge in [0, 0.05) is 45.2 Å². The summed E-state index contributed by atoms with van der Waals surface area (Å²) < 4.78 is 8.87. The van der Waals surface area contributed by atoms with Crippen molar-refractivity contribution < 1.29 is 14.3 Å². The van der Waals surface area contributed by atoms with Crippen molar-refractivity contribution >= 4 is 11.8 Å². The van der Waals surface area contributed by atoms with Crippen molar-refractivity contribution in [1.82, 2.24) is 24.6 Å². The molecule has 0 bridgehead atoms. The molecule has 2 fully saturated rings. The molecule has 0 aliphatic carbocycles. The second kappa shape index (κ2) is 6.95. The molecule has 2 aliphatic heterocycles. The number of nitrogens with one attached hydrogen (secondary N) is 1. The first-order chi connectivity index (χ1) is 12.6. The first kappa shape index (κ1) is 16.8. The number of ether oxygens (including phenoxy) is 1. The van der Waals surface area contributed by atoms with Crippen molar-refractivity contribution in [1.29, 1.82) is 0 Å². The van der Waals surface area contributed by atoms with Crippen LogP contribution in [0.2, 0.25) is 0 Å². The molecule has 138 valence electrons. The molecule has 0 saturated carbocycles. The van der Waals surface area contributed by atoms with Gasteiger partial charge in [-0.1, -0.05) is 0 Å². The van der Waals surface area contributed by atoms with Crippen LogP contribution in [-0.2, 0) is 16.6 Å². The van der Waals surface area contributed by atoms with Gasteiger partial charge in [-0.2, -0.15) is 5.10 Å². The molecular formula is C18H23N5O3. The zero-order valence-electron chi connectivity index (χ0n) is 14.8. The lowest BCUT2D eigenvalue weighted by molar-refractivity contribution is -0.132. The van der Waals surface area contributed by atoms with Crippen LogP contribution >= 0.6 is 0 Å². The van der Waals surface area contributed by atoms with Gasteiger partial charge in [-0.3, -0.25) is 14.3 Å². The van der Waals surface area contributed by atoms with Gasteiger partial charge in [0.2, 0.25) is 5.91 Å². The van der Waals surface area contributed by atoms with Crippen molar-refractivity contribution in [3.8, 4) is 5.82 Å². The van der Waals surface area contributed by atoms with E-state index >= 15 is 0 Å². The van der Waals surface area contributed by atoms with E-state index in [1.807, 2.05) is 34.0 Å². The van der Waals surface area contributed by atoms with E-state index in [0.717, 1.165) is 12.8 Å². The Morgan fingerprint density at radius 3 is 2.69 bits per heavy atom. The third-order valence-electron chi connectivity index (χ3n) is 5.18. The predicted molar refractivity (Wildman–Crippen MR) is 94.0 cm³/mol. The summed E-state index contributed by atoms with van der Waals surface area (Å²) >= 11 is 0. The van der Waals surface area contributed by atoms with E-state index in [0.29, 0.717) is 37.6 Å². The highest BCUT2D eigenvalue weighted by atomic mass is 16.5. The Morgan fingerprint density at radius 1 is 1.23 bits per heavy atom. The van der Waals surface area contributed by atoms with Gasteiger partial charge < -0.3 is 19.5 Å². The third kappa shape index (κ3) is 3.01. The number of aromatic nitrogens is 3. The number of rotatable bonds is 4. The van der Waals surface area contributed by atoms with Crippen LogP contribution < -0.4 is 5.32 Å². The second-order valence-electron chi connectivity index (χ2n) is 6.79. The summed E-state index contributed by atoms with van der Waals surface area (Å²) in [6, 6.07) is 3.54. The van der Waals surface area contributed by atoms with Crippen LogP contribution in [0.15, 0.2) is 30.7 Å². The molecule has 26 heavy (non-hydrogen) atoms. The number of hydrogen-bond donors (Lipinski definition) is 1. The van der Waals surface area contributed by atoms with Gasteiger partial charge >= 0.3 is 0 Å². The molecule has 2 aliphatic rings. The second-order valence-corrected chi connectivity index (χ2v) is 6.79. The lowest BCUT2D eigenvalue weighted by atomic mass is 10.1. The zero-order valence-corrected chi connectivity index (χ0v) is 14.8. The van der Waals surface area contributed by atoms with Crippen LogP contribution in [0.25, 0.3) is 5.82 Å². The zero-order chi connectivity index (χ0) is 18.1.